The Morgan fingerprint density at radius 3 is 2.56 bits per heavy atom. The molecule has 0 atom stereocenters. The standard InChI is InChI=1S/C13H24N4O/c1-6-7-10-11(14-4)15-9-16-12(10)17(5)13(2,3)8-18/h9,18H,6-8H2,1-5H3,(H,14,15,16). The van der Waals surface area contributed by atoms with Crippen LogP contribution < -0.4 is 10.2 Å². The summed E-state index contributed by atoms with van der Waals surface area (Å²) in [5.41, 5.74) is 0.758. The summed E-state index contributed by atoms with van der Waals surface area (Å²) in [6, 6.07) is 0. The van der Waals surface area contributed by atoms with Gasteiger partial charge in [0.2, 0.25) is 0 Å². The van der Waals surface area contributed by atoms with Crippen molar-refractivity contribution in [2.75, 3.05) is 30.9 Å². The Balaban J connectivity index is 3.22. The van der Waals surface area contributed by atoms with Crippen LogP contribution in [0.1, 0.15) is 32.8 Å². The molecule has 102 valence electrons. The Morgan fingerprint density at radius 2 is 2.06 bits per heavy atom. The fourth-order valence-corrected chi connectivity index (χ4v) is 1.78. The molecule has 0 bridgehead atoms. The molecular formula is C13H24N4O. The fourth-order valence-electron chi connectivity index (χ4n) is 1.78. The van der Waals surface area contributed by atoms with E-state index >= 15 is 0 Å². The van der Waals surface area contributed by atoms with Gasteiger partial charge in [-0.05, 0) is 20.3 Å². The highest BCUT2D eigenvalue weighted by Crippen LogP contribution is 2.28. The first kappa shape index (κ1) is 14.7. The first-order valence-electron chi connectivity index (χ1n) is 6.34. The largest absolute Gasteiger partial charge is 0.394 e. The first-order valence-corrected chi connectivity index (χ1v) is 6.34. The molecule has 1 aromatic rings. The Bertz CT molecular complexity index is 393. The number of hydrogen-bond acceptors (Lipinski definition) is 5. The van der Waals surface area contributed by atoms with E-state index < -0.39 is 0 Å². The fraction of sp³-hybridized carbons (Fsp3) is 0.692. The summed E-state index contributed by atoms with van der Waals surface area (Å²) in [7, 11) is 3.82. The lowest BCUT2D eigenvalue weighted by Gasteiger charge is -2.36. The van der Waals surface area contributed by atoms with Gasteiger partial charge in [-0.2, -0.15) is 0 Å². The molecule has 0 unspecified atom stereocenters. The molecule has 0 aliphatic carbocycles. The number of rotatable bonds is 6. The minimum atomic E-state index is -0.345. The van der Waals surface area contributed by atoms with Gasteiger partial charge in [-0.15, -0.1) is 0 Å². The molecule has 2 N–H and O–H groups in total. The van der Waals surface area contributed by atoms with Crippen molar-refractivity contribution in [1.29, 1.82) is 0 Å². The highest BCUT2D eigenvalue weighted by Gasteiger charge is 2.26. The summed E-state index contributed by atoms with van der Waals surface area (Å²) >= 11 is 0. The van der Waals surface area contributed by atoms with Crippen molar-refractivity contribution < 1.29 is 5.11 Å². The number of aliphatic hydroxyl groups excluding tert-OH is 1. The number of nitrogens with one attached hydrogen (secondary N) is 1. The molecule has 1 heterocycles. The minimum Gasteiger partial charge on any atom is -0.394 e. The van der Waals surface area contributed by atoms with Gasteiger partial charge in [0, 0.05) is 19.7 Å². The van der Waals surface area contributed by atoms with Crippen LogP contribution in [0.25, 0.3) is 0 Å². The average molecular weight is 252 g/mol. The van der Waals surface area contributed by atoms with Crippen molar-refractivity contribution in [2.24, 2.45) is 0 Å². The van der Waals surface area contributed by atoms with Gasteiger partial charge in [-0.1, -0.05) is 13.3 Å². The topological polar surface area (TPSA) is 61.3 Å². The number of aliphatic hydroxyl groups is 1. The van der Waals surface area contributed by atoms with Crippen LogP contribution in [0.2, 0.25) is 0 Å². The van der Waals surface area contributed by atoms with Gasteiger partial charge < -0.3 is 15.3 Å². The summed E-state index contributed by atoms with van der Waals surface area (Å²) in [5.74, 6) is 1.75. The van der Waals surface area contributed by atoms with Crippen molar-refractivity contribution in [2.45, 2.75) is 39.2 Å². The Morgan fingerprint density at radius 1 is 1.39 bits per heavy atom. The van der Waals surface area contributed by atoms with E-state index in [1.807, 2.05) is 32.8 Å². The lowest BCUT2D eigenvalue weighted by Crippen LogP contribution is -2.45. The van der Waals surface area contributed by atoms with E-state index in [1.54, 1.807) is 6.33 Å². The van der Waals surface area contributed by atoms with Crippen LogP contribution >= 0.6 is 0 Å². The lowest BCUT2D eigenvalue weighted by atomic mass is 10.0. The Hall–Kier alpha value is -1.36. The van der Waals surface area contributed by atoms with Gasteiger partial charge >= 0.3 is 0 Å². The van der Waals surface area contributed by atoms with E-state index in [4.69, 9.17) is 0 Å². The molecule has 18 heavy (non-hydrogen) atoms. The van der Waals surface area contributed by atoms with Gasteiger partial charge in [-0.25, -0.2) is 9.97 Å². The third-order valence-corrected chi connectivity index (χ3v) is 3.27. The van der Waals surface area contributed by atoms with E-state index in [0.717, 1.165) is 30.0 Å². The zero-order chi connectivity index (χ0) is 13.8. The molecule has 1 rings (SSSR count). The Kier molecular flexibility index (Phi) is 4.90. The number of hydrogen-bond donors (Lipinski definition) is 2. The van der Waals surface area contributed by atoms with Crippen LogP contribution in [0.5, 0.6) is 0 Å². The molecule has 0 saturated heterocycles. The first-order chi connectivity index (χ1) is 8.47. The third kappa shape index (κ3) is 2.90. The third-order valence-electron chi connectivity index (χ3n) is 3.27. The second kappa shape index (κ2) is 6.00. The SMILES string of the molecule is CCCc1c(NC)ncnc1N(C)C(C)(C)CO. The van der Waals surface area contributed by atoms with E-state index in [-0.39, 0.29) is 12.1 Å². The van der Waals surface area contributed by atoms with Crippen molar-refractivity contribution >= 4 is 11.6 Å². The molecule has 0 amide bonds. The normalized spacial score (nSPS) is 11.4. The van der Waals surface area contributed by atoms with Crippen LogP contribution in [0.15, 0.2) is 6.33 Å². The quantitative estimate of drug-likeness (QED) is 0.806. The Labute approximate surface area is 109 Å². The summed E-state index contributed by atoms with van der Waals surface area (Å²) in [5, 5.41) is 12.6. The van der Waals surface area contributed by atoms with Crippen molar-refractivity contribution in [1.82, 2.24) is 9.97 Å². The zero-order valence-corrected chi connectivity index (χ0v) is 12.0. The monoisotopic (exact) mass is 252 g/mol. The van der Waals surface area contributed by atoms with Gasteiger partial charge in [0.05, 0.1) is 12.1 Å². The van der Waals surface area contributed by atoms with Crippen LogP contribution in [-0.4, -0.2) is 41.3 Å². The van der Waals surface area contributed by atoms with E-state index in [9.17, 15) is 5.11 Å². The van der Waals surface area contributed by atoms with Crippen molar-refractivity contribution in [3.05, 3.63) is 11.9 Å². The van der Waals surface area contributed by atoms with Crippen molar-refractivity contribution in [3.63, 3.8) is 0 Å². The van der Waals surface area contributed by atoms with Crippen LogP contribution in [0.3, 0.4) is 0 Å². The molecule has 0 aliphatic rings. The summed E-state index contributed by atoms with van der Waals surface area (Å²) in [4.78, 5) is 10.7. The van der Waals surface area contributed by atoms with Crippen molar-refractivity contribution in [3.8, 4) is 0 Å². The molecule has 5 nitrogen and oxygen atoms in total. The van der Waals surface area contributed by atoms with Crippen LogP contribution in [-0.2, 0) is 6.42 Å². The smallest absolute Gasteiger partial charge is 0.137 e. The summed E-state index contributed by atoms with van der Waals surface area (Å²) in [6.07, 6.45) is 3.50. The minimum absolute atomic E-state index is 0.0773. The predicted molar refractivity (Wildman–Crippen MR) is 75.1 cm³/mol. The maximum absolute atomic E-state index is 9.47. The number of anilines is 2. The molecule has 0 spiro atoms. The summed E-state index contributed by atoms with van der Waals surface area (Å²) < 4.78 is 0. The lowest BCUT2D eigenvalue weighted by molar-refractivity contribution is 0.215. The maximum atomic E-state index is 9.47. The van der Waals surface area contributed by atoms with E-state index in [1.165, 1.54) is 0 Å². The molecule has 0 saturated carbocycles. The predicted octanol–water partition coefficient (Wildman–Crippen LogP) is 1.68. The highest BCUT2D eigenvalue weighted by molar-refractivity contribution is 5.59. The van der Waals surface area contributed by atoms with Gasteiger partial charge in [-0.3, -0.25) is 0 Å². The molecule has 0 fully saturated rings. The number of aromatic nitrogens is 2. The van der Waals surface area contributed by atoms with E-state index in [0.29, 0.717) is 0 Å². The molecule has 0 aromatic carbocycles. The van der Waals surface area contributed by atoms with Crippen LogP contribution in [0, 0.1) is 0 Å². The van der Waals surface area contributed by atoms with Crippen LogP contribution in [0.4, 0.5) is 11.6 Å². The van der Waals surface area contributed by atoms with E-state index in [2.05, 4.69) is 22.2 Å². The molecule has 1 aromatic heterocycles. The average Bonchev–Trinajstić information content (AvgIpc) is 2.38. The maximum Gasteiger partial charge on any atom is 0.137 e. The second-order valence-corrected chi connectivity index (χ2v) is 5.05. The molecule has 5 heteroatoms. The highest BCUT2D eigenvalue weighted by atomic mass is 16.3. The molecular weight excluding hydrogens is 228 g/mol. The van der Waals surface area contributed by atoms with Gasteiger partial charge in [0.1, 0.15) is 18.0 Å². The number of likely N-dealkylation sites (N-methyl/N-ethyl adjacent to an activating group) is 1. The van der Waals surface area contributed by atoms with Gasteiger partial charge in [0.15, 0.2) is 0 Å². The summed E-state index contributed by atoms with van der Waals surface area (Å²) in [6.45, 7) is 6.19. The molecule has 0 radical (unpaired) electrons. The second-order valence-electron chi connectivity index (χ2n) is 5.05. The molecule has 0 aliphatic heterocycles. The zero-order valence-electron chi connectivity index (χ0n) is 12.0. The van der Waals surface area contributed by atoms with Gasteiger partial charge in [0.25, 0.3) is 0 Å². The number of nitrogens with zero attached hydrogens (tertiary/aromatic N) is 3.